The molecule has 0 atom stereocenters. The van der Waals surface area contributed by atoms with Crippen molar-refractivity contribution in [3.63, 3.8) is 0 Å². The van der Waals surface area contributed by atoms with Crippen LogP contribution in [0.4, 0.5) is 10.5 Å². The van der Waals surface area contributed by atoms with Gasteiger partial charge in [-0.25, -0.2) is 10.2 Å². The average Bonchev–Trinajstić information content (AvgIpc) is 3.24. The number of urea groups is 1. The predicted molar refractivity (Wildman–Crippen MR) is 126 cm³/mol. The van der Waals surface area contributed by atoms with Crippen LogP contribution in [0.2, 0.25) is 5.02 Å². The number of benzene rings is 2. The number of anilines is 1. The molecule has 10 heteroatoms. The Labute approximate surface area is 199 Å². The van der Waals surface area contributed by atoms with Gasteiger partial charge in [0.1, 0.15) is 5.75 Å². The Balaban J connectivity index is 1.32. The molecule has 0 saturated heterocycles. The van der Waals surface area contributed by atoms with Gasteiger partial charge < -0.3 is 10.1 Å². The van der Waals surface area contributed by atoms with Gasteiger partial charge >= 0.3 is 6.03 Å². The van der Waals surface area contributed by atoms with Crippen LogP contribution in [0.1, 0.15) is 16.9 Å². The zero-order valence-electron chi connectivity index (χ0n) is 17.5. The summed E-state index contributed by atoms with van der Waals surface area (Å²) in [7, 11) is 0. The summed E-state index contributed by atoms with van der Waals surface area (Å²) in [5.41, 5.74) is 6.10. The van der Waals surface area contributed by atoms with Crippen molar-refractivity contribution in [2.24, 2.45) is 0 Å². The van der Waals surface area contributed by atoms with Gasteiger partial charge in [0.25, 0.3) is 0 Å². The van der Waals surface area contributed by atoms with Gasteiger partial charge in [-0.2, -0.15) is 0 Å². The maximum atomic E-state index is 12.9. The molecule has 33 heavy (non-hydrogen) atoms. The topological polar surface area (TPSA) is 99.8 Å². The quantitative estimate of drug-likeness (QED) is 0.476. The van der Waals surface area contributed by atoms with Crippen LogP contribution in [0.3, 0.4) is 0 Å². The van der Waals surface area contributed by atoms with E-state index in [1.165, 1.54) is 16.2 Å². The molecule has 0 radical (unpaired) electrons. The lowest BCUT2D eigenvalue weighted by atomic mass is 10.2. The Kier molecular flexibility index (Phi) is 7.11. The van der Waals surface area contributed by atoms with Crippen molar-refractivity contribution in [3.05, 3.63) is 75.4 Å². The molecule has 8 nitrogen and oxygen atoms in total. The minimum absolute atomic E-state index is 0.0224. The second kappa shape index (κ2) is 10.4. The Bertz CT molecular complexity index is 1170. The number of carbonyl (C=O) groups is 3. The smallest absolute Gasteiger partial charge is 0.341 e. The van der Waals surface area contributed by atoms with Crippen molar-refractivity contribution in [1.29, 1.82) is 0 Å². The average molecular weight is 485 g/mol. The van der Waals surface area contributed by atoms with Gasteiger partial charge in [0, 0.05) is 28.4 Å². The summed E-state index contributed by atoms with van der Waals surface area (Å²) in [5.74, 6) is 0.522. The van der Waals surface area contributed by atoms with E-state index in [0.717, 1.165) is 10.4 Å². The number of thiophene rings is 1. The predicted octanol–water partition coefficient (Wildman–Crippen LogP) is 4.00. The van der Waals surface area contributed by atoms with Crippen molar-refractivity contribution in [1.82, 2.24) is 16.2 Å². The molecule has 4 rings (SSSR count). The molecule has 0 fully saturated rings. The molecule has 0 bridgehead atoms. The summed E-state index contributed by atoms with van der Waals surface area (Å²) >= 11 is 7.62. The first-order valence-corrected chi connectivity index (χ1v) is 11.5. The van der Waals surface area contributed by atoms with Gasteiger partial charge in [-0.3, -0.25) is 19.9 Å². The first-order chi connectivity index (χ1) is 16.0. The van der Waals surface area contributed by atoms with E-state index in [-0.39, 0.29) is 31.8 Å². The molecule has 0 unspecified atom stereocenters. The fourth-order valence-corrected chi connectivity index (χ4v) is 4.19. The van der Waals surface area contributed by atoms with Crippen molar-refractivity contribution in [2.75, 3.05) is 11.4 Å². The van der Waals surface area contributed by atoms with E-state index in [9.17, 15) is 14.4 Å². The third-order valence-electron chi connectivity index (χ3n) is 4.87. The van der Waals surface area contributed by atoms with Crippen LogP contribution >= 0.6 is 22.9 Å². The van der Waals surface area contributed by atoms with E-state index in [0.29, 0.717) is 22.2 Å². The number of rotatable bonds is 5. The molecule has 1 aromatic heterocycles. The largest absolute Gasteiger partial charge is 0.455 e. The highest BCUT2D eigenvalue weighted by Gasteiger charge is 2.25. The van der Waals surface area contributed by atoms with Crippen LogP contribution in [0.15, 0.2) is 60.0 Å². The second-order valence-electron chi connectivity index (χ2n) is 7.24. The Morgan fingerprint density at radius 3 is 2.67 bits per heavy atom. The first-order valence-electron chi connectivity index (χ1n) is 10.2. The maximum Gasteiger partial charge on any atom is 0.341 e. The third kappa shape index (κ3) is 5.82. The van der Waals surface area contributed by atoms with Crippen LogP contribution in [0, 0.1) is 0 Å². The Hall–Kier alpha value is -3.56. The zero-order valence-corrected chi connectivity index (χ0v) is 19.0. The van der Waals surface area contributed by atoms with Crippen LogP contribution < -0.4 is 25.8 Å². The number of hydrogen-bond acceptors (Lipinski definition) is 5. The van der Waals surface area contributed by atoms with E-state index in [2.05, 4.69) is 16.2 Å². The minimum atomic E-state index is -0.533. The number of hydrazine groups is 1. The van der Waals surface area contributed by atoms with E-state index in [4.69, 9.17) is 16.3 Å². The van der Waals surface area contributed by atoms with E-state index < -0.39 is 11.9 Å². The SMILES string of the molecule is O=C(Cc1cccs1)NCCC(=O)NNC(=O)N1Cc2cc(Cl)ccc2Oc2ccccc21. The number of fused-ring (bicyclic) bond motifs is 2. The molecule has 170 valence electrons. The number of hydrogen-bond donors (Lipinski definition) is 3. The van der Waals surface area contributed by atoms with Gasteiger partial charge in [0.2, 0.25) is 11.8 Å². The number of nitrogens with one attached hydrogen (secondary N) is 3. The van der Waals surface area contributed by atoms with Gasteiger partial charge in [0.15, 0.2) is 5.75 Å². The molecular formula is C23H21ClN4O4S. The van der Waals surface area contributed by atoms with Crippen LogP contribution in [-0.4, -0.2) is 24.4 Å². The standard InChI is InChI=1S/C23H21ClN4O4S/c24-16-7-8-19-15(12-16)14-28(18-5-1-2-6-20(18)32-19)23(31)27-26-21(29)9-10-25-22(30)13-17-4-3-11-33-17/h1-8,11-12H,9-10,13-14H2,(H,25,30)(H,26,29)(H,27,31). The lowest BCUT2D eigenvalue weighted by molar-refractivity contribution is -0.122. The van der Waals surface area contributed by atoms with Gasteiger partial charge in [-0.15, -0.1) is 11.3 Å². The van der Waals surface area contributed by atoms with E-state index in [1.807, 2.05) is 23.6 Å². The molecule has 4 amide bonds. The highest BCUT2D eigenvalue weighted by atomic mass is 35.5. The first kappa shape index (κ1) is 22.6. The molecular weight excluding hydrogens is 464 g/mol. The number of nitrogens with zero attached hydrogens (tertiary/aromatic N) is 1. The molecule has 2 aromatic carbocycles. The summed E-state index contributed by atoms with van der Waals surface area (Å²) in [6.07, 6.45) is 0.298. The van der Waals surface area contributed by atoms with Crippen LogP contribution in [0.5, 0.6) is 11.5 Å². The van der Waals surface area contributed by atoms with Crippen molar-refractivity contribution in [2.45, 2.75) is 19.4 Å². The Morgan fingerprint density at radius 2 is 1.85 bits per heavy atom. The number of halogens is 1. The number of carbonyl (C=O) groups excluding carboxylic acids is 3. The molecule has 3 N–H and O–H groups in total. The van der Waals surface area contributed by atoms with Crippen LogP contribution in [-0.2, 0) is 22.6 Å². The fourth-order valence-electron chi connectivity index (χ4n) is 3.30. The van der Waals surface area contributed by atoms with Gasteiger partial charge in [0.05, 0.1) is 18.7 Å². The molecule has 1 aliphatic rings. The number of ether oxygens (including phenoxy) is 1. The maximum absolute atomic E-state index is 12.9. The fraction of sp³-hybridized carbons (Fsp3) is 0.174. The van der Waals surface area contributed by atoms with E-state index in [1.54, 1.807) is 36.4 Å². The van der Waals surface area contributed by atoms with E-state index >= 15 is 0 Å². The molecule has 0 spiro atoms. The monoisotopic (exact) mass is 484 g/mol. The second-order valence-corrected chi connectivity index (χ2v) is 8.71. The molecule has 0 saturated carbocycles. The molecule has 1 aliphatic heterocycles. The summed E-state index contributed by atoms with van der Waals surface area (Å²) in [5, 5.41) is 5.12. The van der Waals surface area contributed by atoms with Crippen molar-refractivity contribution >= 4 is 46.5 Å². The molecule has 3 aromatic rings. The van der Waals surface area contributed by atoms with Crippen molar-refractivity contribution in [3.8, 4) is 11.5 Å². The van der Waals surface area contributed by atoms with Gasteiger partial charge in [-0.05, 0) is 41.8 Å². The third-order valence-corrected chi connectivity index (χ3v) is 5.98. The van der Waals surface area contributed by atoms with Crippen LogP contribution in [0.25, 0.3) is 0 Å². The lowest BCUT2D eigenvalue weighted by Crippen LogP contribution is -2.49. The summed E-state index contributed by atoms with van der Waals surface area (Å²) in [4.78, 5) is 39.4. The number of amides is 4. The molecule has 0 aliphatic carbocycles. The zero-order chi connectivity index (χ0) is 23.2. The normalized spacial score (nSPS) is 12.0. The summed E-state index contributed by atoms with van der Waals surface area (Å²) in [6, 6.07) is 15.6. The molecule has 2 heterocycles. The Morgan fingerprint density at radius 1 is 1.00 bits per heavy atom. The lowest BCUT2D eigenvalue weighted by Gasteiger charge is -2.22. The van der Waals surface area contributed by atoms with Crippen molar-refractivity contribution < 1.29 is 19.1 Å². The summed E-state index contributed by atoms with van der Waals surface area (Å²) in [6.45, 7) is 0.367. The minimum Gasteiger partial charge on any atom is -0.455 e. The highest BCUT2D eigenvalue weighted by Crippen LogP contribution is 2.39. The summed E-state index contributed by atoms with van der Waals surface area (Å²) < 4.78 is 5.97. The highest BCUT2D eigenvalue weighted by molar-refractivity contribution is 7.10. The van der Waals surface area contributed by atoms with Gasteiger partial charge in [-0.1, -0.05) is 29.8 Å². The number of para-hydroxylation sites is 2.